The monoisotopic (exact) mass is 434 g/mol. The Morgan fingerprint density at radius 3 is 2.42 bits per heavy atom. The molecule has 3 aromatic carbocycles. The Hall–Kier alpha value is -4.25. The van der Waals surface area contributed by atoms with Crippen LogP contribution in [0.25, 0.3) is 16.5 Å². The normalized spacial score (nSPS) is 17.6. The third kappa shape index (κ3) is 3.38. The predicted molar refractivity (Wildman–Crippen MR) is 129 cm³/mol. The molecule has 1 fully saturated rings. The molecule has 1 aliphatic heterocycles. The Balaban J connectivity index is 1.79. The van der Waals surface area contributed by atoms with Crippen LogP contribution in [-0.4, -0.2) is 21.8 Å². The first kappa shape index (κ1) is 20.6. The molecule has 1 aliphatic rings. The van der Waals surface area contributed by atoms with Gasteiger partial charge in [-0.15, -0.1) is 0 Å². The number of nitrogens with zero attached hydrogens (tertiary/aromatic N) is 2. The summed E-state index contributed by atoms with van der Waals surface area (Å²) >= 11 is 0. The van der Waals surface area contributed by atoms with E-state index >= 15 is 0 Å². The van der Waals surface area contributed by atoms with Gasteiger partial charge in [0.05, 0.1) is 11.3 Å². The third-order valence-electron chi connectivity index (χ3n) is 6.07. The van der Waals surface area contributed by atoms with Gasteiger partial charge in [0.25, 0.3) is 11.7 Å². The van der Waals surface area contributed by atoms with Crippen molar-refractivity contribution in [1.29, 1.82) is 0 Å². The van der Waals surface area contributed by atoms with E-state index in [2.05, 4.69) is 4.98 Å². The van der Waals surface area contributed by atoms with Gasteiger partial charge in [-0.25, -0.2) is 0 Å². The molecule has 0 spiro atoms. The number of amides is 1. The summed E-state index contributed by atoms with van der Waals surface area (Å²) in [4.78, 5) is 32.6. The van der Waals surface area contributed by atoms with Gasteiger partial charge >= 0.3 is 0 Å². The van der Waals surface area contributed by atoms with Gasteiger partial charge in [0.2, 0.25) is 0 Å². The Morgan fingerprint density at radius 1 is 0.909 bits per heavy atom. The highest BCUT2D eigenvalue weighted by molar-refractivity contribution is 6.51. The minimum atomic E-state index is -0.841. The number of hydrogen-bond donors (Lipinski definition) is 1. The lowest BCUT2D eigenvalue weighted by molar-refractivity contribution is -0.132. The van der Waals surface area contributed by atoms with Crippen molar-refractivity contribution in [1.82, 2.24) is 4.98 Å². The number of fused-ring (bicyclic) bond motifs is 1. The van der Waals surface area contributed by atoms with Gasteiger partial charge in [-0.2, -0.15) is 0 Å². The fourth-order valence-electron chi connectivity index (χ4n) is 4.55. The number of hydrogen-bond acceptors (Lipinski definition) is 4. The van der Waals surface area contributed by atoms with Crippen molar-refractivity contribution in [2.45, 2.75) is 19.9 Å². The zero-order chi connectivity index (χ0) is 23.1. The van der Waals surface area contributed by atoms with E-state index in [-0.39, 0.29) is 11.3 Å². The lowest BCUT2D eigenvalue weighted by Gasteiger charge is -2.26. The highest BCUT2D eigenvalue weighted by Gasteiger charge is 2.48. The summed E-state index contributed by atoms with van der Waals surface area (Å²) in [5.74, 6) is -1.61. The molecule has 5 heteroatoms. The van der Waals surface area contributed by atoms with Crippen molar-refractivity contribution < 1.29 is 14.7 Å². The van der Waals surface area contributed by atoms with Gasteiger partial charge in [0.1, 0.15) is 11.8 Å². The predicted octanol–water partition coefficient (Wildman–Crippen LogP) is 5.48. The van der Waals surface area contributed by atoms with Gasteiger partial charge in [-0.1, -0.05) is 66.2 Å². The summed E-state index contributed by atoms with van der Waals surface area (Å²) in [6.45, 7) is 3.88. The van der Waals surface area contributed by atoms with E-state index in [9.17, 15) is 14.7 Å². The van der Waals surface area contributed by atoms with Crippen LogP contribution in [0.3, 0.4) is 0 Å². The number of aliphatic hydroxyl groups is 1. The summed E-state index contributed by atoms with van der Waals surface area (Å²) in [5, 5.41) is 13.2. The maximum Gasteiger partial charge on any atom is 0.300 e. The molecule has 0 saturated carbocycles. The van der Waals surface area contributed by atoms with E-state index in [0.717, 1.165) is 21.9 Å². The molecule has 1 N–H and O–H groups in total. The molecule has 1 amide bonds. The number of aromatic nitrogens is 1. The molecule has 4 aromatic rings. The molecule has 2 heterocycles. The zero-order valence-corrected chi connectivity index (χ0v) is 18.3. The summed E-state index contributed by atoms with van der Waals surface area (Å²) in [6, 6.07) is 23.4. The number of Topliss-reactive ketones (excluding diaryl/α,β-unsaturated/α-hetero) is 1. The minimum Gasteiger partial charge on any atom is -0.507 e. The zero-order valence-electron chi connectivity index (χ0n) is 18.3. The van der Waals surface area contributed by atoms with E-state index in [1.165, 1.54) is 4.90 Å². The summed E-state index contributed by atoms with van der Waals surface area (Å²) in [7, 11) is 0. The molecule has 1 atom stereocenters. The number of aryl methyl sites for hydroxylation is 2. The van der Waals surface area contributed by atoms with Crippen LogP contribution in [0.15, 0.2) is 90.6 Å². The van der Waals surface area contributed by atoms with Crippen LogP contribution in [0.5, 0.6) is 0 Å². The lowest BCUT2D eigenvalue weighted by Crippen LogP contribution is -2.30. The van der Waals surface area contributed by atoms with E-state index in [0.29, 0.717) is 16.9 Å². The quantitative estimate of drug-likeness (QED) is 0.263. The molecule has 0 aliphatic carbocycles. The fraction of sp³-hybridized carbons (Fsp3) is 0.107. The molecule has 162 valence electrons. The lowest BCUT2D eigenvalue weighted by atomic mass is 9.95. The van der Waals surface area contributed by atoms with E-state index in [1.54, 1.807) is 24.4 Å². The minimum absolute atomic E-state index is 0.0371. The molecule has 5 nitrogen and oxygen atoms in total. The number of ketones is 1. The second kappa shape index (κ2) is 8.02. The van der Waals surface area contributed by atoms with Crippen molar-refractivity contribution >= 4 is 33.9 Å². The third-order valence-corrected chi connectivity index (χ3v) is 6.07. The van der Waals surface area contributed by atoms with Gasteiger partial charge in [-0.3, -0.25) is 19.5 Å². The average Bonchev–Trinajstić information content (AvgIpc) is 3.09. The largest absolute Gasteiger partial charge is 0.507 e. The van der Waals surface area contributed by atoms with Crippen LogP contribution in [0.1, 0.15) is 28.4 Å². The highest BCUT2D eigenvalue weighted by Crippen LogP contribution is 2.43. The van der Waals surface area contributed by atoms with Gasteiger partial charge in [0.15, 0.2) is 0 Å². The Labute approximate surface area is 191 Å². The van der Waals surface area contributed by atoms with E-state index in [1.807, 2.05) is 74.5 Å². The van der Waals surface area contributed by atoms with Crippen molar-refractivity contribution in [2.24, 2.45) is 0 Å². The number of carbonyl (C=O) groups excluding carboxylic acids is 2. The summed E-state index contributed by atoms with van der Waals surface area (Å²) in [6.07, 6.45) is 1.62. The van der Waals surface area contributed by atoms with Gasteiger partial charge in [-0.05, 0) is 48.4 Å². The van der Waals surface area contributed by atoms with Crippen LogP contribution < -0.4 is 4.90 Å². The first-order chi connectivity index (χ1) is 16.0. The van der Waals surface area contributed by atoms with Crippen LogP contribution in [0, 0.1) is 13.8 Å². The SMILES string of the molecule is Cc1ccc(N2C(=O)C(=O)/C(=C(\O)c3cccc4ccccc34)C2c2ccccn2)c(C)c1. The molecule has 0 radical (unpaired) electrons. The number of anilines is 1. The maximum absolute atomic E-state index is 13.4. The van der Waals surface area contributed by atoms with Crippen molar-refractivity contribution in [3.8, 4) is 0 Å². The van der Waals surface area contributed by atoms with Crippen molar-refractivity contribution in [2.75, 3.05) is 4.90 Å². The van der Waals surface area contributed by atoms with Crippen molar-refractivity contribution in [3.63, 3.8) is 0 Å². The molecule has 1 aromatic heterocycles. The Kier molecular flexibility index (Phi) is 5.02. The van der Waals surface area contributed by atoms with E-state index in [4.69, 9.17) is 0 Å². The van der Waals surface area contributed by atoms with Gasteiger partial charge < -0.3 is 5.11 Å². The Morgan fingerprint density at radius 2 is 1.67 bits per heavy atom. The molecule has 33 heavy (non-hydrogen) atoms. The van der Waals surface area contributed by atoms with Crippen LogP contribution in [-0.2, 0) is 9.59 Å². The summed E-state index contributed by atoms with van der Waals surface area (Å²) < 4.78 is 0. The smallest absolute Gasteiger partial charge is 0.300 e. The topological polar surface area (TPSA) is 70.5 Å². The maximum atomic E-state index is 13.4. The van der Waals surface area contributed by atoms with Gasteiger partial charge in [0, 0.05) is 17.4 Å². The molecule has 5 rings (SSSR count). The van der Waals surface area contributed by atoms with Crippen LogP contribution >= 0.6 is 0 Å². The van der Waals surface area contributed by atoms with E-state index < -0.39 is 17.7 Å². The first-order valence-corrected chi connectivity index (χ1v) is 10.7. The van der Waals surface area contributed by atoms with Crippen LogP contribution in [0.2, 0.25) is 0 Å². The molecule has 1 unspecified atom stereocenters. The number of benzene rings is 3. The number of pyridine rings is 1. The standard InChI is InChI=1S/C28H22N2O3/c1-17-13-14-23(18(2)16-17)30-25(22-12-5-6-15-29-22)24(27(32)28(30)33)26(31)21-11-7-9-19-8-3-4-10-20(19)21/h3-16,25,31H,1-2H3/b26-24-. The fourth-order valence-corrected chi connectivity index (χ4v) is 4.55. The first-order valence-electron chi connectivity index (χ1n) is 10.7. The van der Waals surface area contributed by atoms with Crippen LogP contribution in [0.4, 0.5) is 5.69 Å². The summed E-state index contributed by atoms with van der Waals surface area (Å²) in [5.41, 5.74) is 3.59. The molecule has 0 bridgehead atoms. The number of carbonyl (C=O) groups is 2. The van der Waals surface area contributed by atoms with Crippen molar-refractivity contribution in [3.05, 3.63) is 113 Å². The molecular formula is C28H22N2O3. The highest BCUT2D eigenvalue weighted by atomic mass is 16.3. The number of rotatable bonds is 3. The Bertz CT molecular complexity index is 1440. The molecule has 1 saturated heterocycles. The second-order valence-electron chi connectivity index (χ2n) is 8.24. The molecular weight excluding hydrogens is 412 g/mol. The number of aliphatic hydroxyl groups excluding tert-OH is 1. The average molecular weight is 434 g/mol. The second-order valence-corrected chi connectivity index (χ2v) is 8.24.